The van der Waals surface area contributed by atoms with Gasteiger partial charge in [0.2, 0.25) is 5.91 Å². The molecule has 3 rings (SSSR count). The maximum Gasteiger partial charge on any atom is 0.337 e. The Balaban J connectivity index is 2.01. The number of para-hydroxylation sites is 1. The smallest absolute Gasteiger partial charge is 0.337 e. The lowest BCUT2D eigenvalue weighted by molar-refractivity contribution is -0.140. The zero-order valence-corrected chi connectivity index (χ0v) is 17.6. The van der Waals surface area contributed by atoms with Crippen LogP contribution in [0.25, 0.3) is 16.6 Å². The summed E-state index contributed by atoms with van der Waals surface area (Å²) < 4.78 is 10.6. The van der Waals surface area contributed by atoms with Crippen LogP contribution in [0.1, 0.15) is 10.4 Å². The fraction of sp³-hybridized carbons (Fsp3) is 0.190. The lowest BCUT2D eigenvalue weighted by atomic mass is 10.1. The highest BCUT2D eigenvalue weighted by Gasteiger charge is 2.17. The van der Waals surface area contributed by atoms with Crippen molar-refractivity contribution in [3.05, 3.63) is 64.4 Å². The van der Waals surface area contributed by atoms with Crippen LogP contribution >= 0.6 is 11.8 Å². The Hall–Kier alpha value is -3.66. The number of carbonyl (C=O) groups is 3. The molecule has 10 heteroatoms. The number of amides is 1. The van der Waals surface area contributed by atoms with Crippen molar-refractivity contribution in [2.75, 3.05) is 26.5 Å². The summed E-state index contributed by atoms with van der Waals surface area (Å²) in [5.41, 5.74) is 0.796. The standard InChI is InChI=1S/C21H19N3O6S/c1-29-18(26)11-22-17(25)12-31-21-23-16-10-13(20(28)30-2)8-9-15(16)19(27)24(21)14-6-4-3-5-7-14/h3-10H,11-12H2,1-2H3,(H,22,25). The van der Waals surface area contributed by atoms with Crippen LogP contribution in [0, 0.1) is 0 Å². The Morgan fingerprint density at radius 2 is 1.81 bits per heavy atom. The van der Waals surface area contributed by atoms with Crippen molar-refractivity contribution in [2.24, 2.45) is 0 Å². The van der Waals surface area contributed by atoms with Gasteiger partial charge in [-0.05, 0) is 30.3 Å². The van der Waals surface area contributed by atoms with Crippen molar-refractivity contribution >= 4 is 40.5 Å². The Bertz CT molecular complexity index is 1190. The number of nitrogens with one attached hydrogen (secondary N) is 1. The Morgan fingerprint density at radius 1 is 1.06 bits per heavy atom. The molecule has 0 bridgehead atoms. The molecule has 160 valence electrons. The zero-order valence-electron chi connectivity index (χ0n) is 16.8. The number of aromatic nitrogens is 2. The summed E-state index contributed by atoms with van der Waals surface area (Å²) in [5, 5.41) is 3.01. The van der Waals surface area contributed by atoms with E-state index in [1.165, 1.54) is 37.0 Å². The molecular weight excluding hydrogens is 422 g/mol. The molecule has 1 aromatic heterocycles. The van der Waals surface area contributed by atoms with E-state index in [0.717, 1.165) is 11.8 Å². The minimum absolute atomic E-state index is 0.0849. The van der Waals surface area contributed by atoms with Gasteiger partial charge in [0.15, 0.2) is 5.16 Å². The first-order chi connectivity index (χ1) is 14.9. The van der Waals surface area contributed by atoms with Gasteiger partial charge in [0.1, 0.15) is 6.54 Å². The first kappa shape index (κ1) is 22.0. The van der Waals surface area contributed by atoms with Gasteiger partial charge in [-0.1, -0.05) is 30.0 Å². The van der Waals surface area contributed by atoms with Crippen molar-refractivity contribution in [3.8, 4) is 5.69 Å². The average molecular weight is 441 g/mol. The summed E-state index contributed by atoms with van der Waals surface area (Å²) in [6.07, 6.45) is 0. The highest BCUT2D eigenvalue weighted by Crippen LogP contribution is 2.22. The number of ether oxygens (including phenoxy) is 2. The zero-order chi connectivity index (χ0) is 22.4. The van der Waals surface area contributed by atoms with Crippen LogP contribution in [0.3, 0.4) is 0 Å². The second kappa shape index (κ2) is 9.90. The number of benzene rings is 2. The van der Waals surface area contributed by atoms with Crippen molar-refractivity contribution in [2.45, 2.75) is 5.16 Å². The van der Waals surface area contributed by atoms with E-state index in [0.29, 0.717) is 16.6 Å². The molecular formula is C21H19N3O6S. The van der Waals surface area contributed by atoms with E-state index in [4.69, 9.17) is 4.74 Å². The first-order valence-corrected chi connectivity index (χ1v) is 10.1. The molecule has 0 spiro atoms. The molecule has 0 unspecified atom stereocenters. The summed E-state index contributed by atoms with van der Waals surface area (Å²) in [6, 6.07) is 13.4. The van der Waals surface area contributed by atoms with E-state index in [9.17, 15) is 19.2 Å². The van der Waals surface area contributed by atoms with Crippen molar-refractivity contribution < 1.29 is 23.9 Å². The van der Waals surface area contributed by atoms with E-state index < -0.39 is 17.8 Å². The lowest BCUT2D eigenvalue weighted by Gasteiger charge is -2.13. The Labute approximate surface area is 181 Å². The average Bonchev–Trinajstić information content (AvgIpc) is 2.80. The topological polar surface area (TPSA) is 117 Å². The Morgan fingerprint density at radius 3 is 2.48 bits per heavy atom. The molecule has 0 saturated heterocycles. The third-order valence-corrected chi connectivity index (χ3v) is 5.20. The molecule has 0 aliphatic heterocycles. The third-order valence-electron chi connectivity index (χ3n) is 4.26. The number of thioether (sulfide) groups is 1. The second-order valence-corrected chi connectivity index (χ2v) is 7.18. The van der Waals surface area contributed by atoms with Gasteiger partial charge in [0, 0.05) is 0 Å². The van der Waals surface area contributed by atoms with Gasteiger partial charge in [0.05, 0.1) is 42.1 Å². The fourth-order valence-corrected chi connectivity index (χ4v) is 3.58. The van der Waals surface area contributed by atoms with Gasteiger partial charge >= 0.3 is 11.9 Å². The van der Waals surface area contributed by atoms with Crippen LogP contribution in [-0.2, 0) is 19.1 Å². The van der Waals surface area contributed by atoms with E-state index in [1.807, 2.05) is 6.07 Å². The number of hydrogen-bond donors (Lipinski definition) is 1. The van der Waals surface area contributed by atoms with Gasteiger partial charge in [-0.25, -0.2) is 9.78 Å². The summed E-state index contributed by atoms with van der Waals surface area (Å²) in [5.74, 6) is -1.63. The van der Waals surface area contributed by atoms with Gasteiger partial charge in [-0.2, -0.15) is 0 Å². The molecule has 0 aliphatic carbocycles. The lowest BCUT2D eigenvalue weighted by Crippen LogP contribution is -2.31. The van der Waals surface area contributed by atoms with Crippen LogP contribution in [0.2, 0.25) is 0 Å². The van der Waals surface area contributed by atoms with E-state index in [2.05, 4.69) is 15.0 Å². The number of carbonyl (C=O) groups excluding carboxylic acids is 3. The highest BCUT2D eigenvalue weighted by atomic mass is 32.2. The summed E-state index contributed by atoms with van der Waals surface area (Å²) in [7, 11) is 2.49. The van der Waals surface area contributed by atoms with Crippen molar-refractivity contribution in [3.63, 3.8) is 0 Å². The van der Waals surface area contributed by atoms with E-state index in [-0.39, 0.29) is 28.6 Å². The monoisotopic (exact) mass is 441 g/mol. The van der Waals surface area contributed by atoms with Gasteiger partial charge in [-0.15, -0.1) is 0 Å². The number of hydrogen-bond acceptors (Lipinski definition) is 8. The maximum absolute atomic E-state index is 13.2. The SMILES string of the molecule is COC(=O)CNC(=O)CSc1nc2cc(C(=O)OC)ccc2c(=O)n1-c1ccccc1. The quantitative estimate of drug-likeness (QED) is 0.334. The highest BCUT2D eigenvalue weighted by molar-refractivity contribution is 7.99. The number of nitrogens with zero attached hydrogens (tertiary/aromatic N) is 2. The van der Waals surface area contributed by atoms with Crippen LogP contribution in [0.15, 0.2) is 58.5 Å². The van der Waals surface area contributed by atoms with Crippen LogP contribution in [0.4, 0.5) is 0 Å². The van der Waals surface area contributed by atoms with Gasteiger partial charge in [-0.3, -0.25) is 19.0 Å². The molecule has 0 radical (unpaired) electrons. The predicted octanol–water partition coefficient (Wildman–Crippen LogP) is 1.55. The first-order valence-electron chi connectivity index (χ1n) is 9.11. The number of methoxy groups -OCH3 is 2. The van der Waals surface area contributed by atoms with Gasteiger partial charge in [0.25, 0.3) is 5.56 Å². The number of fused-ring (bicyclic) bond motifs is 1. The fourth-order valence-electron chi connectivity index (χ4n) is 2.74. The molecule has 0 atom stereocenters. The van der Waals surface area contributed by atoms with Crippen LogP contribution in [-0.4, -0.2) is 53.9 Å². The maximum atomic E-state index is 13.2. The molecule has 9 nitrogen and oxygen atoms in total. The minimum atomic E-state index is -0.571. The van der Waals surface area contributed by atoms with E-state index in [1.54, 1.807) is 24.3 Å². The molecule has 31 heavy (non-hydrogen) atoms. The summed E-state index contributed by atoms with van der Waals surface area (Å²) in [6.45, 7) is -0.255. The van der Waals surface area contributed by atoms with Crippen molar-refractivity contribution in [1.82, 2.24) is 14.9 Å². The number of rotatable bonds is 7. The number of esters is 2. The van der Waals surface area contributed by atoms with Gasteiger partial charge < -0.3 is 14.8 Å². The van der Waals surface area contributed by atoms with Crippen LogP contribution < -0.4 is 10.9 Å². The van der Waals surface area contributed by atoms with Crippen molar-refractivity contribution in [1.29, 1.82) is 0 Å². The normalized spacial score (nSPS) is 10.5. The molecule has 1 N–H and O–H groups in total. The summed E-state index contributed by atoms with van der Waals surface area (Å²) >= 11 is 1.03. The summed E-state index contributed by atoms with van der Waals surface area (Å²) in [4.78, 5) is 52.9. The van der Waals surface area contributed by atoms with Crippen LogP contribution in [0.5, 0.6) is 0 Å². The van der Waals surface area contributed by atoms with E-state index >= 15 is 0 Å². The molecule has 3 aromatic rings. The molecule has 1 amide bonds. The third kappa shape index (κ3) is 5.10. The molecule has 0 saturated carbocycles. The predicted molar refractivity (Wildman–Crippen MR) is 114 cm³/mol. The molecule has 0 aliphatic rings. The molecule has 2 aromatic carbocycles. The largest absolute Gasteiger partial charge is 0.468 e. The second-order valence-electron chi connectivity index (χ2n) is 6.24. The minimum Gasteiger partial charge on any atom is -0.468 e. The Kier molecular flexibility index (Phi) is 7.03. The molecule has 0 fully saturated rings. The molecule has 1 heterocycles.